The van der Waals surface area contributed by atoms with Gasteiger partial charge in [-0.1, -0.05) is 97.3 Å². The highest BCUT2D eigenvalue weighted by molar-refractivity contribution is 4.62. The Morgan fingerprint density at radius 2 is 1.11 bits per heavy atom. The SMILES string of the molecule is CC(C)CCCCCCCCCCCCCCCNCCCN1CCOCC1. The van der Waals surface area contributed by atoms with E-state index >= 15 is 0 Å². The molecule has 0 bridgehead atoms. The Morgan fingerprint density at radius 1 is 0.643 bits per heavy atom. The summed E-state index contributed by atoms with van der Waals surface area (Å²) >= 11 is 0. The molecule has 0 radical (unpaired) electrons. The van der Waals surface area contributed by atoms with Crippen LogP contribution in [0.1, 0.15) is 110 Å². The zero-order chi connectivity index (χ0) is 20.1. The quantitative estimate of drug-likeness (QED) is 0.240. The second-order valence-corrected chi connectivity index (χ2v) is 9.34. The van der Waals surface area contributed by atoms with Gasteiger partial charge >= 0.3 is 0 Å². The van der Waals surface area contributed by atoms with E-state index in [4.69, 9.17) is 4.74 Å². The highest BCUT2D eigenvalue weighted by Crippen LogP contribution is 2.14. The van der Waals surface area contributed by atoms with Crippen LogP contribution in [-0.4, -0.2) is 50.8 Å². The van der Waals surface area contributed by atoms with Gasteiger partial charge in [0.1, 0.15) is 0 Å². The third kappa shape index (κ3) is 17.9. The molecule has 0 unspecified atom stereocenters. The monoisotopic (exact) mass is 396 g/mol. The van der Waals surface area contributed by atoms with Crippen LogP contribution >= 0.6 is 0 Å². The lowest BCUT2D eigenvalue weighted by Gasteiger charge is -2.26. The fraction of sp³-hybridized carbons (Fsp3) is 1.00. The van der Waals surface area contributed by atoms with Gasteiger partial charge in [0.25, 0.3) is 0 Å². The van der Waals surface area contributed by atoms with E-state index in [-0.39, 0.29) is 0 Å². The summed E-state index contributed by atoms with van der Waals surface area (Å²) in [5.41, 5.74) is 0. The fourth-order valence-corrected chi connectivity index (χ4v) is 4.12. The molecule has 1 heterocycles. The second-order valence-electron chi connectivity index (χ2n) is 9.34. The van der Waals surface area contributed by atoms with E-state index in [1.807, 2.05) is 0 Å². The summed E-state index contributed by atoms with van der Waals surface area (Å²) in [6.45, 7) is 12.4. The molecule has 0 aliphatic carbocycles. The largest absolute Gasteiger partial charge is 0.379 e. The van der Waals surface area contributed by atoms with E-state index in [1.54, 1.807) is 0 Å². The van der Waals surface area contributed by atoms with Crippen molar-refractivity contribution in [3.8, 4) is 0 Å². The third-order valence-corrected chi connectivity index (χ3v) is 6.07. The molecule has 1 N–H and O–H groups in total. The van der Waals surface area contributed by atoms with Crippen LogP contribution in [0.15, 0.2) is 0 Å². The van der Waals surface area contributed by atoms with Gasteiger partial charge in [-0.3, -0.25) is 4.90 Å². The molecule has 1 fully saturated rings. The van der Waals surface area contributed by atoms with Crippen molar-refractivity contribution >= 4 is 0 Å². The fourth-order valence-electron chi connectivity index (χ4n) is 4.12. The first-order chi connectivity index (χ1) is 13.8. The minimum atomic E-state index is 0.891. The number of nitrogens with zero attached hydrogens (tertiary/aromatic N) is 1. The number of hydrogen-bond acceptors (Lipinski definition) is 3. The van der Waals surface area contributed by atoms with Crippen LogP contribution in [-0.2, 0) is 4.74 Å². The van der Waals surface area contributed by atoms with E-state index in [0.717, 1.165) is 32.2 Å². The van der Waals surface area contributed by atoms with Crippen molar-refractivity contribution in [2.24, 2.45) is 5.92 Å². The molecule has 0 amide bonds. The summed E-state index contributed by atoms with van der Waals surface area (Å²) in [7, 11) is 0. The van der Waals surface area contributed by atoms with E-state index in [9.17, 15) is 0 Å². The molecular weight excluding hydrogens is 344 g/mol. The van der Waals surface area contributed by atoms with Gasteiger partial charge in [-0.05, 0) is 38.4 Å². The van der Waals surface area contributed by atoms with Crippen LogP contribution in [0.2, 0.25) is 0 Å². The third-order valence-electron chi connectivity index (χ3n) is 6.07. The minimum Gasteiger partial charge on any atom is -0.379 e. The van der Waals surface area contributed by atoms with Crippen molar-refractivity contribution < 1.29 is 4.74 Å². The van der Waals surface area contributed by atoms with Crippen molar-refractivity contribution in [1.29, 1.82) is 0 Å². The van der Waals surface area contributed by atoms with Crippen LogP contribution in [0.5, 0.6) is 0 Å². The summed E-state index contributed by atoms with van der Waals surface area (Å²) in [5, 5.41) is 3.62. The number of hydrogen-bond donors (Lipinski definition) is 1. The second kappa shape index (κ2) is 20.2. The molecule has 3 heteroatoms. The first kappa shape index (κ1) is 25.9. The van der Waals surface area contributed by atoms with Gasteiger partial charge in [0.2, 0.25) is 0 Å². The molecule has 28 heavy (non-hydrogen) atoms. The van der Waals surface area contributed by atoms with E-state index in [2.05, 4.69) is 24.1 Å². The molecule has 0 spiro atoms. The predicted molar refractivity (Wildman–Crippen MR) is 124 cm³/mol. The lowest BCUT2D eigenvalue weighted by atomic mass is 10.0. The van der Waals surface area contributed by atoms with Gasteiger partial charge in [-0.15, -0.1) is 0 Å². The molecule has 0 aromatic carbocycles. The molecule has 168 valence electrons. The molecule has 3 nitrogen and oxygen atoms in total. The van der Waals surface area contributed by atoms with E-state index in [0.29, 0.717) is 0 Å². The summed E-state index contributed by atoms with van der Waals surface area (Å²) in [6, 6.07) is 0. The molecule has 0 aromatic heterocycles. The number of ether oxygens (including phenoxy) is 1. The van der Waals surface area contributed by atoms with Gasteiger partial charge in [-0.25, -0.2) is 0 Å². The maximum absolute atomic E-state index is 5.39. The van der Waals surface area contributed by atoms with Crippen LogP contribution in [0.3, 0.4) is 0 Å². The minimum absolute atomic E-state index is 0.891. The normalized spacial score (nSPS) is 15.5. The van der Waals surface area contributed by atoms with Crippen molar-refractivity contribution in [3.05, 3.63) is 0 Å². The Labute approximate surface area is 177 Å². The maximum atomic E-state index is 5.39. The van der Waals surface area contributed by atoms with Crippen LogP contribution in [0, 0.1) is 5.92 Å². The molecule has 0 saturated carbocycles. The topological polar surface area (TPSA) is 24.5 Å². The predicted octanol–water partition coefficient (Wildman–Crippen LogP) is 6.42. The van der Waals surface area contributed by atoms with Gasteiger partial charge in [0, 0.05) is 13.1 Å². The number of nitrogens with one attached hydrogen (secondary N) is 1. The molecule has 1 aliphatic rings. The number of unbranched alkanes of at least 4 members (excludes halogenated alkanes) is 12. The lowest BCUT2D eigenvalue weighted by molar-refractivity contribution is 0.0374. The Morgan fingerprint density at radius 3 is 1.64 bits per heavy atom. The first-order valence-corrected chi connectivity index (χ1v) is 12.8. The first-order valence-electron chi connectivity index (χ1n) is 12.8. The summed E-state index contributed by atoms with van der Waals surface area (Å²) in [4.78, 5) is 2.53. The Hall–Kier alpha value is -0.120. The molecule has 1 aliphatic heterocycles. The maximum Gasteiger partial charge on any atom is 0.0594 e. The van der Waals surface area contributed by atoms with E-state index in [1.165, 1.54) is 116 Å². The Bertz CT molecular complexity index is 303. The zero-order valence-electron chi connectivity index (χ0n) is 19.5. The summed E-state index contributed by atoms with van der Waals surface area (Å²) in [5.74, 6) is 0.891. The van der Waals surface area contributed by atoms with Crippen molar-refractivity contribution in [1.82, 2.24) is 10.2 Å². The van der Waals surface area contributed by atoms with Crippen LogP contribution < -0.4 is 5.32 Å². The van der Waals surface area contributed by atoms with Crippen molar-refractivity contribution in [2.45, 2.75) is 110 Å². The molecular formula is C25H52N2O. The van der Waals surface area contributed by atoms with Gasteiger partial charge in [0.05, 0.1) is 13.2 Å². The zero-order valence-corrected chi connectivity index (χ0v) is 19.5. The summed E-state index contributed by atoms with van der Waals surface area (Å²) < 4.78 is 5.39. The van der Waals surface area contributed by atoms with Crippen LogP contribution in [0.25, 0.3) is 0 Å². The summed E-state index contributed by atoms with van der Waals surface area (Å²) in [6.07, 6.45) is 21.5. The van der Waals surface area contributed by atoms with Gasteiger partial charge in [-0.2, -0.15) is 0 Å². The Balaban J connectivity index is 1.64. The average molecular weight is 397 g/mol. The highest BCUT2D eigenvalue weighted by atomic mass is 16.5. The smallest absolute Gasteiger partial charge is 0.0594 e. The van der Waals surface area contributed by atoms with Crippen LogP contribution in [0.4, 0.5) is 0 Å². The molecule has 1 rings (SSSR count). The molecule has 0 aromatic rings. The average Bonchev–Trinajstić information content (AvgIpc) is 2.70. The highest BCUT2D eigenvalue weighted by Gasteiger charge is 2.08. The number of rotatable bonds is 20. The van der Waals surface area contributed by atoms with Crippen molar-refractivity contribution in [3.63, 3.8) is 0 Å². The lowest BCUT2D eigenvalue weighted by Crippen LogP contribution is -2.37. The standard InChI is InChI=1S/C25H52N2O/c1-25(2)17-14-12-10-8-6-4-3-5-7-9-11-13-15-18-26-19-16-20-27-21-23-28-24-22-27/h25-26H,3-24H2,1-2H3. The molecule has 1 saturated heterocycles. The van der Waals surface area contributed by atoms with Gasteiger partial charge in [0.15, 0.2) is 0 Å². The molecule has 0 atom stereocenters. The number of morpholine rings is 1. The van der Waals surface area contributed by atoms with E-state index < -0.39 is 0 Å². The Kier molecular flexibility index (Phi) is 18.7. The van der Waals surface area contributed by atoms with Crippen molar-refractivity contribution in [2.75, 3.05) is 45.9 Å². The van der Waals surface area contributed by atoms with Gasteiger partial charge < -0.3 is 10.1 Å².